The van der Waals surface area contributed by atoms with E-state index < -0.39 is 6.04 Å². The predicted octanol–water partition coefficient (Wildman–Crippen LogP) is 6.64. The highest BCUT2D eigenvalue weighted by molar-refractivity contribution is 5.88. The van der Waals surface area contributed by atoms with E-state index >= 15 is 0 Å². The highest BCUT2D eigenvalue weighted by atomic mass is 19.1. The Morgan fingerprint density at radius 1 is 0.857 bits per heavy atom. The van der Waals surface area contributed by atoms with Crippen LogP contribution in [0.1, 0.15) is 69.1 Å². The van der Waals surface area contributed by atoms with Gasteiger partial charge in [0.2, 0.25) is 11.8 Å². The second-order valence-electron chi connectivity index (χ2n) is 10.8. The van der Waals surface area contributed by atoms with E-state index in [2.05, 4.69) is 5.32 Å². The second kappa shape index (κ2) is 15.9. The van der Waals surface area contributed by atoms with Crippen LogP contribution in [0.3, 0.4) is 0 Å². The van der Waals surface area contributed by atoms with Crippen LogP contribution in [0, 0.1) is 5.82 Å². The van der Waals surface area contributed by atoms with E-state index in [1.807, 2.05) is 62.4 Å². The first-order chi connectivity index (χ1) is 20.5. The molecule has 224 valence electrons. The number of carbonyl (C=O) groups excluding carboxylic acids is 2. The fraction of sp³-hybridized carbons (Fsp3) is 0.429. The highest BCUT2D eigenvalue weighted by Gasteiger charge is 2.31. The predicted molar refractivity (Wildman–Crippen MR) is 163 cm³/mol. The summed E-state index contributed by atoms with van der Waals surface area (Å²) in [5, 5.41) is 3.26. The van der Waals surface area contributed by atoms with Crippen LogP contribution in [-0.2, 0) is 29.0 Å². The van der Waals surface area contributed by atoms with Crippen LogP contribution in [0.25, 0.3) is 0 Å². The lowest BCUT2D eigenvalue weighted by Gasteiger charge is -2.33. The van der Waals surface area contributed by atoms with Gasteiger partial charge in [0.15, 0.2) is 11.5 Å². The molecule has 0 aromatic heterocycles. The van der Waals surface area contributed by atoms with Crippen molar-refractivity contribution >= 4 is 11.8 Å². The average molecular weight is 575 g/mol. The van der Waals surface area contributed by atoms with E-state index in [0.29, 0.717) is 37.6 Å². The second-order valence-corrected chi connectivity index (χ2v) is 10.8. The first-order valence-electron chi connectivity index (χ1n) is 15.2. The maximum atomic E-state index is 14.0. The van der Waals surface area contributed by atoms with E-state index in [-0.39, 0.29) is 36.6 Å². The van der Waals surface area contributed by atoms with E-state index in [0.717, 1.165) is 42.4 Å². The fourth-order valence-electron chi connectivity index (χ4n) is 5.53. The Hall–Kier alpha value is -3.87. The van der Waals surface area contributed by atoms with E-state index in [4.69, 9.17) is 9.47 Å². The van der Waals surface area contributed by atoms with Gasteiger partial charge in [-0.25, -0.2) is 4.39 Å². The van der Waals surface area contributed by atoms with Crippen molar-refractivity contribution in [2.24, 2.45) is 0 Å². The molecular weight excluding hydrogens is 531 g/mol. The van der Waals surface area contributed by atoms with Gasteiger partial charge in [-0.2, -0.15) is 0 Å². The molecule has 3 aromatic carbocycles. The van der Waals surface area contributed by atoms with Crippen LogP contribution in [0.4, 0.5) is 4.39 Å². The number of rotatable bonds is 14. The summed E-state index contributed by atoms with van der Waals surface area (Å²) in [5.74, 6) is 0.718. The lowest BCUT2D eigenvalue weighted by Crippen LogP contribution is -2.52. The summed E-state index contributed by atoms with van der Waals surface area (Å²) < 4.78 is 25.2. The van der Waals surface area contributed by atoms with Crippen molar-refractivity contribution in [2.75, 3.05) is 13.2 Å². The number of ether oxygens (including phenoxy) is 2. The zero-order chi connectivity index (χ0) is 29.7. The summed E-state index contributed by atoms with van der Waals surface area (Å²) in [6, 6.07) is 21.1. The quantitative estimate of drug-likeness (QED) is 0.234. The van der Waals surface area contributed by atoms with E-state index in [9.17, 15) is 14.0 Å². The molecule has 0 aliphatic heterocycles. The first-order valence-corrected chi connectivity index (χ1v) is 15.2. The van der Waals surface area contributed by atoms with Crippen molar-refractivity contribution in [3.05, 3.63) is 95.3 Å². The molecule has 1 atom stereocenters. The maximum absolute atomic E-state index is 14.0. The summed E-state index contributed by atoms with van der Waals surface area (Å²) in [5.41, 5.74) is 2.70. The average Bonchev–Trinajstić information content (AvgIpc) is 3.01. The molecule has 0 saturated heterocycles. The number of halogens is 1. The van der Waals surface area contributed by atoms with Gasteiger partial charge in [0.1, 0.15) is 11.9 Å². The Kier molecular flexibility index (Phi) is 11.8. The molecule has 1 unspecified atom stereocenters. The van der Waals surface area contributed by atoms with Crippen LogP contribution in [0.15, 0.2) is 72.8 Å². The van der Waals surface area contributed by atoms with Crippen molar-refractivity contribution in [1.29, 1.82) is 0 Å². The van der Waals surface area contributed by atoms with Crippen molar-refractivity contribution in [3.8, 4) is 11.5 Å². The number of amides is 2. The van der Waals surface area contributed by atoms with Gasteiger partial charge in [-0.1, -0.05) is 67.8 Å². The summed E-state index contributed by atoms with van der Waals surface area (Å²) in [6.45, 7) is 5.09. The Morgan fingerprint density at radius 3 is 2.21 bits per heavy atom. The molecule has 0 spiro atoms. The normalized spacial score (nSPS) is 14.2. The molecule has 0 bridgehead atoms. The third kappa shape index (κ3) is 9.07. The Labute approximate surface area is 249 Å². The van der Waals surface area contributed by atoms with Crippen molar-refractivity contribution in [1.82, 2.24) is 10.2 Å². The van der Waals surface area contributed by atoms with Gasteiger partial charge < -0.3 is 19.7 Å². The highest BCUT2D eigenvalue weighted by Crippen LogP contribution is 2.29. The topological polar surface area (TPSA) is 67.9 Å². The summed E-state index contributed by atoms with van der Waals surface area (Å²) in [6.07, 6.45) is 6.37. The lowest BCUT2D eigenvalue weighted by atomic mass is 9.94. The van der Waals surface area contributed by atoms with Crippen molar-refractivity contribution in [3.63, 3.8) is 0 Å². The summed E-state index contributed by atoms with van der Waals surface area (Å²) >= 11 is 0. The van der Waals surface area contributed by atoms with Gasteiger partial charge >= 0.3 is 0 Å². The maximum Gasteiger partial charge on any atom is 0.243 e. The van der Waals surface area contributed by atoms with Crippen molar-refractivity contribution in [2.45, 2.75) is 83.8 Å². The van der Waals surface area contributed by atoms with E-state index in [1.54, 1.807) is 17.0 Å². The van der Waals surface area contributed by atoms with Crippen LogP contribution >= 0.6 is 0 Å². The summed E-state index contributed by atoms with van der Waals surface area (Å²) in [4.78, 5) is 29.6. The largest absolute Gasteiger partial charge is 0.490 e. The van der Waals surface area contributed by atoms with Gasteiger partial charge in [-0.05, 0) is 74.1 Å². The van der Waals surface area contributed by atoms with Crippen LogP contribution in [-0.4, -0.2) is 42.0 Å². The Balaban J connectivity index is 1.59. The molecular formula is C35H43FN2O4. The third-order valence-corrected chi connectivity index (χ3v) is 7.72. The van der Waals surface area contributed by atoms with Gasteiger partial charge in [0.25, 0.3) is 0 Å². The minimum Gasteiger partial charge on any atom is -0.490 e. The molecule has 1 aliphatic carbocycles. The number of hydrogen-bond acceptors (Lipinski definition) is 4. The van der Waals surface area contributed by atoms with Gasteiger partial charge in [-0.3, -0.25) is 9.59 Å². The smallest absolute Gasteiger partial charge is 0.243 e. The molecule has 2 amide bonds. The number of carbonyl (C=O) groups is 2. The standard InChI is InChI=1S/C35H43FN2O4/c1-3-41-32-21-17-27(24-33(32)42-4-2)18-22-34(39)38(25-28-15-19-29(36)20-16-28)31(23-26-11-7-5-8-12-26)35(40)37-30-13-9-6-10-14-30/h5,7-8,11-12,15-17,19-21,24,30-31H,3-4,6,9-10,13-14,18,22-23,25H2,1-2H3,(H,37,40). The number of nitrogens with one attached hydrogen (secondary N) is 1. The molecule has 6 nitrogen and oxygen atoms in total. The molecule has 1 saturated carbocycles. The molecule has 0 radical (unpaired) electrons. The lowest BCUT2D eigenvalue weighted by molar-refractivity contribution is -0.141. The summed E-state index contributed by atoms with van der Waals surface area (Å²) in [7, 11) is 0. The molecule has 1 aliphatic rings. The SMILES string of the molecule is CCOc1ccc(CCC(=O)N(Cc2ccc(F)cc2)C(Cc2ccccc2)C(=O)NC2CCCCC2)cc1OCC. The molecule has 1 N–H and O–H groups in total. The zero-order valence-electron chi connectivity index (χ0n) is 24.8. The number of nitrogens with zero attached hydrogens (tertiary/aromatic N) is 1. The van der Waals surface area contributed by atoms with Gasteiger partial charge in [0.05, 0.1) is 13.2 Å². The number of hydrogen-bond donors (Lipinski definition) is 1. The number of aryl methyl sites for hydroxylation is 1. The molecule has 42 heavy (non-hydrogen) atoms. The zero-order valence-corrected chi connectivity index (χ0v) is 24.8. The van der Waals surface area contributed by atoms with Crippen LogP contribution < -0.4 is 14.8 Å². The van der Waals surface area contributed by atoms with Crippen LogP contribution in [0.5, 0.6) is 11.5 Å². The Morgan fingerprint density at radius 2 is 1.52 bits per heavy atom. The molecule has 3 aromatic rings. The minimum atomic E-state index is -0.703. The van der Waals surface area contributed by atoms with Gasteiger partial charge in [-0.15, -0.1) is 0 Å². The molecule has 0 heterocycles. The number of benzene rings is 3. The third-order valence-electron chi connectivity index (χ3n) is 7.72. The molecule has 1 fully saturated rings. The first kappa shape index (κ1) is 31.1. The van der Waals surface area contributed by atoms with Crippen LogP contribution in [0.2, 0.25) is 0 Å². The minimum absolute atomic E-state index is 0.119. The van der Waals surface area contributed by atoms with E-state index in [1.165, 1.54) is 18.6 Å². The Bertz CT molecular complexity index is 1280. The van der Waals surface area contributed by atoms with Crippen molar-refractivity contribution < 1.29 is 23.5 Å². The molecule has 7 heteroatoms. The molecule has 4 rings (SSSR count). The fourth-order valence-corrected chi connectivity index (χ4v) is 5.53. The van der Waals surface area contributed by atoms with Gasteiger partial charge in [0, 0.05) is 25.4 Å². The monoisotopic (exact) mass is 574 g/mol.